The van der Waals surface area contributed by atoms with E-state index in [1.54, 1.807) is 0 Å². The molecular formula is C9H15N5O. The quantitative estimate of drug-likeness (QED) is 0.624. The fraction of sp³-hybridized carbons (Fsp3) is 0.667. The predicted octanol–water partition coefficient (Wildman–Crippen LogP) is -0.541. The molecule has 2 heterocycles. The van der Waals surface area contributed by atoms with Gasteiger partial charge in [-0.2, -0.15) is 0 Å². The van der Waals surface area contributed by atoms with Crippen molar-refractivity contribution in [3.63, 3.8) is 0 Å². The molecule has 82 valence electrons. The van der Waals surface area contributed by atoms with Crippen LogP contribution in [0.4, 0.5) is 0 Å². The summed E-state index contributed by atoms with van der Waals surface area (Å²) in [5, 5.41) is 12.7. The Hall–Kier alpha value is -1.43. The molecule has 0 aromatic carbocycles. The van der Waals surface area contributed by atoms with Crippen molar-refractivity contribution in [3.05, 3.63) is 11.6 Å². The number of aromatic nitrogens is 3. The van der Waals surface area contributed by atoms with E-state index in [1.807, 2.05) is 6.92 Å². The third-order valence-electron chi connectivity index (χ3n) is 2.47. The number of hydrogen-bond donors (Lipinski definition) is 3. The maximum atomic E-state index is 11.6. The molecule has 0 aliphatic carbocycles. The molecule has 1 aliphatic rings. The first kappa shape index (κ1) is 10.1. The van der Waals surface area contributed by atoms with Crippen LogP contribution in [0.25, 0.3) is 0 Å². The molecule has 15 heavy (non-hydrogen) atoms. The van der Waals surface area contributed by atoms with Crippen LogP contribution >= 0.6 is 0 Å². The molecule has 0 radical (unpaired) electrons. The molecule has 0 saturated carbocycles. The largest absolute Gasteiger partial charge is 0.345 e. The average Bonchev–Trinajstić information content (AvgIpc) is 2.86. The van der Waals surface area contributed by atoms with Crippen LogP contribution in [0.1, 0.15) is 29.8 Å². The van der Waals surface area contributed by atoms with E-state index in [4.69, 9.17) is 0 Å². The number of rotatable bonds is 3. The predicted molar refractivity (Wildman–Crippen MR) is 54.5 cm³/mol. The van der Waals surface area contributed by atoms with Gasteiger partial charge < -0.3 is 10.6 Å². The molecule has 6 heteroatoms. The number of nitrogens with zero attached hydrogens (tertiary/aromatic N) is 2. The van der Waals surface area contributed by atoms with Crippen molar-refractivity contribution in [1.29, 1.82) is 0 Å². The molecule has 0 bridgehead atoms. The molecular weight excluding hydrogens is 194 g/mol. The van der Waals surface area contributed by atoms with Gasteiger partial charge in [0.1, 0.15) is 5.82 Å². The van der Waals surface area contributed by atoms with Crippen LogP contribution < -0.4 is 10.6 Å². The van der Waals surface area contributed by atoms with E-state index in [-0.39, 0.29) is 17.8 Å². The van der Waals surface area contributed by atoms with Crippen molar-refractivity contribution in [2.24, 2.45) is 0 Å². The van der Waals surface area contributed by atoms with E-state index < -0.39 is 0 Å². The second kappa shape index (κ2) is 4.39. The molecule has 1 saturated heterocycles. The van der Waals surface area contributed by atoms with Gasteiger partial charge in [0.2, 0.25) is 5.82 Å². The van der Waals surface area contributed by atoms with E-state index in [0.29, 0.717) is 0 Å². The zero-order chi connectivity index (χ0) is 10.7. The van der Waals surface area contributed by atoms with Crippen LogP contribution in [-0.2, 0) is 6.42 Å². The first-order valence-corrected chi connectivity index (χ1v) is 5.22. The number of aromatic amines is 1. The van der Waals surface area contributed by atoms with Gasteiger partial charge in [0.25, 0.3) is 5.91 Å². The van der Waals surface area contributed by atoms with Crippen molar-refractivity contribution < 1.29 is 4.79 Å². The van der Waals surface area contributed by atoms with E-state index in [1.165, 1.54) is 0 Å². The summed E-state index contributed by atoms with van der Waals surface area (Å²) < 4.78 is 0. The Labute approximate surface area is 87.9 Å². The minimum absolute atomic E-state index is 0.195. The van der Waals surface area contributed by atoms with Crippen LogP contribution in [0.2, 0.25) is 0 Å². The van der Waals surface area contributed by atoms with E-state index in [2.05, 4.69) is 25.8 Å². The summed E-state index contributed by atoms with van der Waals surface area (Å²) in [6, 6.07) is 0.209. The molecule has 1 atom stereocenters. The van der Waals surface area contributed by atoms with E-state index in [0.717, 1.165) is 31.8 Å². The van der Waals surface area contributed by atoms with Gasteiger partial charge in [-0.25, -0.2) is 4.98 Å². The minimum Gasteiger partial charge on any atom is -0.345 e. The normalized spacial score (nSPS) is 20.5. The lowest BCUT2D eigenvalue weighted by Crippen LogP contribution is -2.36. The number of aryl methyl sites for hydroxylation is 1. The lowest BCUT2D eigenvalue weighted by molar-refractivity contribution is 0.0930. The Bertz CT molecular complexity index is 342. The summed E-state index contributed by atoms with van der Waals surface area (Å²) in [5.74, 6) is 0.781. The SMILES string of the molecule is CCc1nc(C(=O)N[C@H]2CCNC2)n[nH]1. The molecule has 6 nitrogen and oxygen atoms in total. The molecule has 0 spiro atoms. The summed E-state index contributed by atoms with van der Waals surface area (Å²) in [5.41, 5.74) is 0. The van der Waals surface area contributed by atoms with E-state index >= 15 is 0 Å². The van der Waals surface area contributed by atoms with Crippen LogP contribution in [0.15, 0.2) is 0 Å². The van der Waals surface area contributed by atoms with Gasteiger partial charge in [0.05, 0.1) is 0 Å². The topological polar surface area (TPSA) is 82.7 Å². The number of hydrogen-bond acceptors (Lipinski definition) is 4. The van der Waals surface area contributed by atoms with Crippen molar-refractivity contribution in [1.82, 2.24) is 25.8 Å². The van der Waals surface area contributed by atoms with Gasteiger partial charge >= 0.3 is 0 Å². The average molecular weight is 209 g/mol. The molecule has 0 unspecified atom stereocenters. The number of H-pyrrole nitrogens is 1. The van der Waals surface area contributed by atoms with Crippen LogP contribution in [0, 0.1) is 0 Å². The lowest BCUT2D eigenvalue weighted by atomic mass is 10.2. The van der Waals surface area contributed by atoms with Crippen molar-refractivity contribution in [2.75, 3.05) is 13.1 Å². The standard InChI is InChI=1S/C9H15N5O/c1-2-7-12-8(14-13-7)9(15)11-6-3-4-10-5-6/h6,10H,2-5H2,1H3,(H,11,15)(H,12,13,14)/t6-/m0/s1. The van der Waals surface area contributed by atoms with Crippen LogP contribution in [0.3, 0.4) is 0 Å². The Balaban J connectivity index is 1.94. The van der Waals surface area contributed by atoms with Gasteiger partial charge in [-0.3, -0.25) is 9.89 Å². The van der Waals surface area contributed by atoms with Gasteiger partial charge in [-0.15, -0.1) is 5.10 Å². The first-order valence-electron chi connectivity index (χ1n) is 5.22. The monoisotopic (exact) mass is 209 g/mol. The second-order valence-corrected chi connectivity index (χ2v) is 3.62. The van der Waals surface area contributed by atoms with Crippen molar-refractivity contribution in [3.8, 4) is 0 Å². The third kappa shape index (κ3) is 2.33. The molecule has 1 aromatic rings. The van der Waals surface area contributed by atoms with Crippen molar-refractivity contribution >= 4 is 5.91 Å². The Morgan fingerprint density at radius 2 is 2.53 bits per heavy atom. The second-order valence-electron chi connectivity index (χ2n) is 3.62. The zero-order valence-electron chi connectivity index (χ0n) is 8.71. The Morgan fingerprint density at radius 3 is 3.13 bits per heavy atom. The fourth-order valence-corrected chi connectivity index (χ4v) is 1.58. The smallest absolute Gasteiger partial charge is 0.291 e. The van der Waals surface area contributed by atoms with Gasteiger partial charge in [-0.05, 0) is 13.0 Å². The van der Waals surface area contributed by atoms with Crippen LogP contribution in [0.5, 0.6) is 0 Å². The van der Waals surface area contributed by atoms with Crippen molar-refractivity contribution in [2.45, 2.75) is 25.8 Å². The third-order valence-corrected chi connectivity index (χ3v) is 2.47. The summed E-state index contributed by atoms with van der Waals surface area (Å²) in [7, 11) is 0. The number of nitrogens with one attached hydrogen (secondary N) is 3. The Kier molecular flexibility index (Phi) is 2.96. The number of carbonyl (C=O) groups is 1. The molecule has 1 aromatic heterocycles. The maximum absolute atomic E-state index is 11.6. The fourth-order valence-electron chi connectivity index (χ4n) is 1.58. The van der Waals surface area contributed by atoms with E-state index in [9.17, 15) is 4.79 Å². The highest BCUT2D eigenvalue weighted by molar-refractivity contribution is 5.90. The molecule has 2 rings (SSSR count). The molecule has 1 amide bonds. The van der Waals surface area contributed by atoms with Gasteiger partial charge in [0.15, 0.2) is 0 Å². The zero-order valence-corrected chi connectivity index (χ0v) is 8.71. The summed E-state index contributed by atoms with van der Waals surface area (Å²) in [6.07, 6.45) is 1.72. The minimum atomic E-state index is -0.195. The summed E-state index contributed by atoms with van der Waals surface area (Å²) >= 11 is 0. The summed E-state index contributed by atoms with van der Waals surface area (Å²) in [6.45, 7) is 3.75. The highest BCUT2D eigenvalue weighted by atomic mass is 16.2. The molecule has 1 fully saturated rings. The number of carbonyl (C=O) groups excluding carboxylic acids is 1. The van der Waals surface area contributed by atoms with Gasteiger partial charge in [0, 0.05) is 19.0 Å². The number of amides is 1. The highest BCUT2D eigenvalue weighted by Gasteiger charge is 2.19. The summed E-state index contributed by atoms with van der Waals surface area (Å²) in [4.78, 5) is 15.7. The lowest BCUT2D eigenvalue weighted by Gasteiger charge is -2.08. The molecule has 3 N–H and O–H groups in total. The Morgan fingerprint density at radius 1 is 1.67 bits per heavy atom. The van der Waals surface area contributed by atoms with Crippen LogP contribution in [-0.4, -0.2) is 40.2 Å². The van der Waals surface area contributed by atoms with Gasteiger partial charge in [-0.1, -0.05) is 6.92 Å². The first-order chi connectivity index (χ1) is 7.29. The highest BCUT2D eigenvalue weighted by Crippen LogP contribution is 1.99. The maximum Gasteiger partial charge on any atom is 0.291 e. The molecule has 1 aliphatic heterocycles.